The van der Waals surface area contributed by atoms with Crippen molar-refractivity contribution in [2.75, 3.05) is 19.8 Å². The maximum absolute atomic E-state index is 12.6. The molecule has 4 nitrogen and oxygen atoms in total. The molecule has 1 amide bonds. The number of fused-ring (bicyclic) bond motifs is 1. The number of aryl methyl sites for hydroxylation is 1. The van der Waals surface area contributed by atoms with Crippen molar-refractivity contribution < 1.29 is 9.53 Å². The summed E-state index contributed by atoms with van der Waals surface area (Å²) in [5, 5.41) is 1.22. The van der Waals surface area contributed by atoms with Crippen LogP contribution in [0.15, 0.2) is 30.5 Å². The molecule has 22 heavy (non-hydrogen) atoms. The zero-order chi connectivity index (χ0) is 15.4. The third-order valence-corrected chi connectivity index (χ3v) is 4.45. The van der Waals surface area contributed by atoms with Crippen molar-refractivity contribution in [2.45, 2.75) is 38.6 Å². The molecule has 1 atom stereocenters. The Labute approximate surface area is 131 Å². The number of H-pyrrole nitrogens is 1. The van der Waals surface area contributed by atoms with E-state index in [2.05, 4.69) is 24.0 Å². The lowest BCUT2D eigenvalue weighted by atomic mass is 10.1. The molecule has 0 unspecified atom stereocenters. The van der Waals surface area contributed by atoms with E-state index in [0.29, 0.717) is 19.6 Å². The highest BCUT2D eigenvalue weighted by Crippen LogP contribution is 2.20. The predicted molar refractivity (Wildman–Crippen MR) is 87.8 cm³/mol. The normalized spacial score (nSPS) is 18.8. The van der Waals surface area contributed by atoms with E-state index in [9.17, 15) is 4.79 Å². The summed E-state index contributed by atoms with van der Waals surface area (Å²) in [6.07, 6.45) is 5.50. The molecular weight excluding hydrogens is 276 g/mol. The van der Waals surface area contributed by atoms with Crippen molar-refractivity contribution in [1.29, 1.82) is 0 Å². The summed E-state index contributed by atoms with van der Waals surface area (Å²) in [6.45, 7) is 4.24. The summed E-state index contributed by atoms with van der Waals surface area (Å²) >= 11 is 0. The molecule has 1 saturated heterocycles. The average Bonchev–Trinajstić information content (AvgIpc) is 2.97. The lowest BCUT2D eigenvalue weighted by molar-refractivity contribution is -0.140. The van der Waals surface area contributed by atoms with Gasteiger partial charge in [0.2, 0.25) is 5.91 Å². The minimum atomic E-state index is 0.257. The van der Waals surface area contributed by atoms with E-state index in [0.717, 1.165) is 31.3 Å². The molecule has 1 N–H and O–H groups in total. The van der Waals surface area contributed by atoms with Crippen LogP contribution in [0.5, 0.6) is 0 Å². The van der Waals surface area contributed by atoms with Crippen LogP contribution in [0.25, 0.3) is 10.9 Å². The number of aromatic amines is 1. The summed E-state index contributed by atoms with van der Waals surface area (Å²) in [5.74, 6) is 0.257. The SMILES string of the molecule is CCC[C@@H]1COCCN1C(=O)CCc1c[nH]c2ccccc12. The lowest BCUT2D eigenvalue weighted by Crippen LogP contribution is -2.48. The highest BCUT2D eigenvalue weighted by Gasteiger charge is 2.26. The third-order valence-electron chi connectivity index (χ3n) is 4.45. The summed E-state index contributed by atoms with van der Waals surface area (Å²) < 4.78 is 5.52. The van der Waals surface area contributed by atoms with Gasteiger partial charge < -0.3 is 14.6 Å². The maximum Gasteiger partial charge on any atom is 0.223 e. The highest BCUT2D eigenvalue weighted by molar-refractivity contribution is 5.84. The molecule has 3 rings (SSSR count). The fourth-order valence-corrected chi connectivity index (χ4v) is 3.28. The number of ether oxygens (including phenoxy) is 1. The predicted octanol–water partition coefficient (Wildman–Crippen LogP) is 3.13. The molecule has 1 aromatic carbocycles. The van der Waals surface area contributed by atoms with Gasteiger partial charge in [-0.2, -0.15) is 0 Å². The lowest BCUT2D eigenvalue weighted by Gasteiger charge is -2.35. The Hall–Kier alpha value is -1.81. The van der Waals surface area contributed by atoms with Gasteiger partial charge in [0.15, 0.2) is 0 Å². The van der Waals surface area contributed by atoms with E-state index in [1.165, 1.54) is 10.9 Å². The van der Waals surface area contributed by atoms with E-state index in [4.69, 9.17) is 4.74 Å². The Kier molecular flexibility index (Phi) is 4.78. The Morgan fingerprint density at radius 2 is 2.27 bits per heavy atom. The van der Waals surface area contributed by atoms with Crippen molar-refractivity contribution in [3.63, 3.8) is 0 Å². The number of rotatable bonds is 5. The molecular formula is C18H24N2O2. The number of carbonyl (C=O) groups is 1. The topological polar surface area (TPSA) is 45.3 Å². The molecule has 118 valence electrons. The van der Waals surface area contributed by atoms with E-state index in [1.54, 1.807) is 0 Å². The van der Waals surface area contributed by atoms with Crippen LogP contribution in [0, 0.1) is 0 Å². The van der Waals surface area contributed by atoms with E-state index in [-0.39, 0.29) is 11.9 Å². The zero-order valence-electron chi connectivity index (χ0n) is 13.2. The molecule has 0 aliphatic carbocycles. The van der Waals surface area contributed by atoms with E-state index >= 15 is 0 Å². The average molecular weight is 300 g/mol. The second-order valence-corrected chi connectivity index (χ2v) is 5.96. The number of benzene rings is 1. The minimum Gasteiger partial charge on any atom is -0.377 e. The standard InChI is InChI=1S/C18H24N2O2/c1-2-5-15-13-22-11-10-20(15)18(21)9-8-14-12-19-17-7-4-3-6-16(14)17/h3-4,6-7,12,15,19H,2,5,8-11,13H2,1H3/t15-/m1/s1. The van der Waals surface area contributed by atoms with Gasteiger partial charge in [0.05, 0.1) is 19.3 Å². The summed E-state index contributed by atoms with van der Waals surface area (Å²) in [4.78, 5) is 17.9. The van der Waals surface area contributed by atoms with E-state index in [1.807, 2.05) is 23.2 Å². The van der Waals surface area contributed by atoms with Crippen molar-refractivity contribution in [2.24, 2.45) is 0 Å². The number of nitrogens with one attached hydrogen (secondary N) is 1. The first kappa shape index (κ1) is 15.1. The van der Waals surface area contributed by atoms with E-state index < -0.39 is 0 Å². The molecule has 0 bridgehead atoms. The summed E-state index contributed by atoms with van der Waals surface area (Å²) in [7, 11) is 0. The first-order chi connectivity index (χ1) is 10.8. The first-order valence-corrected chi connectivity index (χ1v) is 8.21. The van der Waals surface area contributed by atoms with Gasteiger partial charge >= 0.3 is 0 Å². The van der Waals surface area contributed by atoms with Crippen molar-refractivity contribution in [3.05, 3.63) is 36.0 Å². The molecule has 2 heterocycles. The first-order valence-electron chi connectivity index (χ1n) is 8.21. The molecule has 1 aromatic heterocycles. The zero-order valence-corrected chi connectivity index (χ0v) is 13.2. The van der Waals surface area contributed by atoms with Crippen LogP contribution >= 0.6 is 0 Å². The molecule has 0 spiro atoms. The number of hydrogen-bond acceptors (Lipinski definition) is 2. The molecule has 1 aliphatic heterocycles. The van der Waals surface area contributed by atoms with Gasteiger partial charge in [-0.1, -0.05) is 31.5 Å². The number of amides is 1. The monoisotopic (exact) mass is 300 g/mol. The van der Waals surface area contributed by atoms with Crippen LogP contribution in [-0.4, -0.2) is 41.6 Å². The Morgan fingerprint density at radius 3 is 3.14 bits per heavy atom. The molecule has 1 aliphatic rings. The van der Waals surface area contributed by atoms with Crippen LogP contribution in [0.2, 0.25) is 0 Å². The largest absolute Gasteiger partial charge is 0.377 e. The van der Waals surface area contributed by atoms with Gasteiger partial charge in [-0.05, 0) is 24.5 Å². The number of aromatic nitrogens is 1. The van der Waals surface area contributed by atoms with Crippen LogP contribution in [0.1, 0.15) is 31.7 Å². The van der Waals surface area contributed by atoms with Gasteiger partial charge in [0.25, 0.3) is 0 Å². The molecule has 2 aromatic rings. The van der Waals surface area contributed by atoms with Gasteiger partial charge in [0, 0.05) is 30.1 Å². The highest BCUT2D eigenvalue weighted by atomic mass is 16.5. The Morgan fingerprint density at radius 1 is 1.41 bits per heavy atom. The molecule has 4 heteroatoms. The van der Waals surface area contributed by atoms with Gasteiger partial charge in [-0.15, -0.1) is 0 Å². The minimum absolute atomic E-state index is 0.257. The smallest absolute Gasteiger partial charge is 0.223 e. The van der Waals surface area contributed by atoms with Crippen molar-refractivity contribution >= 4 is 16.8 Å². The molecule has 0 saturated carbocycles. The maximum atomic E-state index is 12.6. The van der Waals surface area contributed by atoms with Crippen molar-refractivity contribution in [3.8, 4) is 0 Å². The second kappa shape index (κ2) is 6.97. The van der Waals surface area contributed by atoms with Gasteiger partial charge in [-0.25, -0.2) is 0 Å². The quantitative estimate of drug-likeness (QED) is 0.922. The van der Waals surface area contributed by atoms with Gasteiger partial charge in [0.1, 0.15) is 0 Å². The fourth-order valence-electron chi connectivity index (χ4n) is 3.28. The molecule has 0 radical (unpaired) electrons. The van der Waals surface area contributed by atoms with Crippen LogP contribution in [0.4, 0.5) is 0 Å². The van der Waals surface area contributed by atoms with Crippen molar-refractivity contribution in [1.82, 2.24) is 9.88 Å². The number of para-hydroxylation sites is 1. The van der Waals surface area contributed by atoms with Crippen LogP contribution < -0.4 is 0 Å². The number of morpholine rings is 1. The third kappa shape index (κ3) is 3.17. The second-order valence-electron chi connectivity index (χ2n) is 5.96. The van der Waals surface area contributed by atoms with Gasteiger partial charge in [-0.3, -0.25) is 4.79 Å². The number of hydrogen-bond donors (Lipinski definition) is 1. The molecule has 1 fully saturated rings. The summed E-state index contributed by atoms with van der Waals surface area (Å²) in [6, 6.07) is 8.51. The van der Waals surface area contributed by atoms with Crippen LogP contribution in [0.3, 0.4) is 0 Å². The number of nitrogens with zero attached hydrogens (tertiary/aromatic N) is 1. The fraction of sp³-hybridized carbons (Fsp3) is 0.500. The number of carbonyl (C=O) groups excluding carboxylic acids is 1. The Bertz CT molecular complexity index is 633. The van der Waals surface area contributed by atoms with Crippen LogP contribution in [-0.2, 0) is 16.0 Å². The summed E-state index contributed by atoms with van der Waals surface area (Å²) in [5.41, 5.74) is 2.37. The Balaban J connectivity index is 1.64.